The Labute approximate surface area is 267 Å². The summed E-state index contributed by atoms with van der Waals surface area (Å²) < 4.78 is 45.4. The van der Waals surface area contributed by atoms with Gasteiger partial charge in [-0.3, -0.25) is 9.10 Å². The Hall–Kier alpha value is -4.25. The van der Waals surface area contributed by atoms with Gasteiger partial charge in [0.25, 0.3) is 15.9 Å². The molecule has 0 bridgehead atoms. The number of amides is 1. The molecule has 0 heterocycles. The lowest BCUT2D eigenvalue weighted by Crippen LogP contribution is -2.39. The second-order valence-electron chi connectivity index (χ2n) is 9.49. The van der Waals surface area contributed by atoms with Crippen LogP contribution in [-0.2, 0) is 21.4 Å². The van der Waals surface area contributed by atoms with Crippen molar-refractivity contribution >= 4 is 51.0 Å². The van der Waals surface area contributed by atoms with Crippen molar-refractivity contribution in [2.24, 2.45) is 5.10 Å². The molecule has 1 N–H and O–H groups in total. The zero-order chi connectivity index (χ0) is 31.7. The molecule has 0 atom stereocenters. The van der Waals surface area contributed by atoms with Crippen molar-refractivity contribution < 1.29 is 27.4 Å². The summed E-state index contributed by atoms with van der Waals surface area (Å²) in [6.45, 7) is 3.81. The maximum Gasteiger partial charge on any atom is 0.264 e. The van der Waals surface area contributed by atoms with Crippen molar-refractivity contribution in [3.05, 3.63) is 112 Å². The first kappa shape index (κ1) is 32.7. The Balaban J connectivity index is 1.52. The number of hydrazone groups is 1. The molecule has 9 nitrogen and oxygen atoms in total. The molecule has 0 fully saturated rings. The van der Waals surface area contributed by atoms with Crippen LogP contribution in [-0.4, -0.2) is 40.8 Å². The number of aryl methyl sites for hydroxylation is 1. The molecule has 0 saturated heterocycles. The van der Waals surface area contributed by atoms with E-state index in [9.17, 15) is 13.2 Å². The van der Waals surface area contributed by atoms with E-state index in [1.54, 1.807) is 42.5 Å². The molecular formula is C32H31Cl2N3O6S. The number of benzene rings is 4. The van der Waals surface area contributed by atoms with Gasteiger partial charge in [0.15, 0.2) is 11.5 Å². The standard InChI is InChI=1S/C32H31Cl2N3O6S/c1-4-42-31-17-23(10-14-30(31)43-21-24-6-5-7-25(33)16-24)19-35-36-32(38)20-37(28-18-26(34)11-15-29(28)41-3)44(39,40)27-12-8-22(2)9-13-27/h5-19H,4,20-21H2,1-3H3,(H,36,38). The average molecular weight is 657 g/mol. The van der Waals surface area contributed by atoms with Crippen molar-refractivity contribution in [3.63, 3.8) is 0 Å². The first-order chi connectivity index (χ1) is 21.1. The van der Waals surface area contributed by atoms with Crippen LogP contribution in [0.3, 0.4) is 0 Å². The van der Waals surface area contributed by atoms with E-state index in [2.05, 4.69) is 10.5 Å². The Morgan fingerprint density at radius 3 is 2.34 bits per heavy atom. The molecule has 44 heavy (non-hydrogen) atoms. The number of methoxy groups -OCH3 is 1. The molecule has 0 saturated carbocycles. The molecule has 1 amide bonds. The van der Waals surface area contributed by atoms with Crippen LogP contribution in [0, 0.1) is 6.92 Å². The Morgan fingerprint density at radius 1 is 0.909 bits per heavy atom. The summed E-state index contributed by atoms with van der Waals surface area (Å²) in [7, 11) is -2.79. The van der Waals surface area contributed by atoms with E-state index in [1.165, 1.54) is 37.6 Å². The smallest absolute Gasteiger partial charge is 0.264 e. The lowest BCUT2D eigenvalue weighted by molar-refractivity contribution is -0.119. The van der Waals surface area contributed by atoms with Gasteiger partial charge in [-0.1, -0.05) is 53.0 Å². The van der Waals surface area contributed by atoms with E-state index < -0.39 is 22.5 Å². The molecular weight excluding hydrogens is 625 g/mol. The van der Waals surface area contributed by atoms with Gasteiger partial charge in [-0.25, -0.2) is 13.8 Å². The molecule has 0 aliphatic rings. The molecule has 0 spiro atoms. The average Bonchev–Trinajstić information content (AvgIpc) is 3.00. The SMILES string of the molecule is CCOc1cc(C=NNC(=O)CN(c2cc(Cl)ccc2OC)S(=O)(=O)c2ccc(C)cc2)ccc1OCc1cccc(Cl)c1. The van der Waals surface area contributed by atoms with Crippen molar-refractivity contribution in [2.75, 3.05) is 24.6 Å². The number of carbonyl (C=O) groups is 1. The van der Waals surface area contributed by atoms with Crippen molar-refractivity contribution in [1.29, 1.82) is 0 Å². The lowest BCUT2D eigenvalue weighted by atomic mass is 10.2. The van der Waals surface area contributed by atoms with Crippen molar-refractivity contribution in [3.8, 4) is 17.2 Å². The summed E-state index contributed by atoms with van der Waals surface area (Å²) in [6, 6.07) is 23.4. The minimum atomic E-state index is -4.19. The van der Waals surface area contributed by atoms with Crippen LogP contribution in [0.2, 0.25) is 10.0 Å². The summed E-state index contributed by atoms with van der Waals surface area (Å²) in [5, 5.41) is 4.92. The van der Waals surface area contributed by atoms with Gasteiger partial charge in [0.1, 0.15) is 18.9 Å². The number of sulfonamides is 1. The molecule has 4 aromatic rings. The monoisotopic (exact) mass is 655 g/mol. The van der Waals surface area contributed by atoms with Gasteiger partial charge in [0, 0.05) is 10.0 Å². The normalized spacial score (nSPS) is 11.3. The number of nitrogens with zero attached hydrogens (tertiary/aromatic N) is 2. The second kappa shape index (κ2) is 15.0. The number of hydrogen-bond acceptors (Lipinski definition) is 7. The predicted octanol–water partition coefficient (Wildman–Crippen LogP) is 6.63. The third-order valence-electron chi connectivity index (χ3n) is 6.26. The van der Waals surface area contributed by atoms with E-state index in [4.69, 9.17) is 37.4 Å². The van der Waals surface area contributed by atoms with E-state index in [0.29, 0.717) is 35.3 Å². The fraction of sp³-hybridized carbons (Fsp3) is 0.188. The Morgan fingerprint density at radius 2 is 1.64 bits per heavy atom. The molecule has 0 aliphatic carbocycles. The minimum absolute atomic E-state index is 0.00236. The van der Waals surface area contributed by atoms with Crippen LogP contribution in [0.5, 0.6) is 17.2 Å². The molecule has 0 aromatic heterocycles. The lowest BCUT2D eigenvalue weighted by Gasteiger charge is -2.25. The number of halogens is 2. The number of nitrogens with one attached hydrogen (secondary N) is 1. The highest BCUT2D eigenvalue weighted by Crippen LogP contribution is 2.35. The molecule has 230 valence electrons. The number of rotatable bonds is 13. The molecule has 4 aromatic carbocycles. The summed E-state index contributed by atoms with van der Waals surface area (Å²) in [6.07, 6.45) is 1.42. The zero-order valence-electron chi connectivity index (χ0n) is 24.3. The van der Waals surface area contributed by atoms with Gasteiger partial charge >= 0.3 is 0 Å². The van der Waals surface area contributed by atoms with E-state index >= 15 is 0 Å². The minimum Gasteiger partial charge on any atom is -0.495 e. The van der Waals surface area contributed by atoms with Crippen LogP contribution >= 0.6 is 23.2 Å². The molecule has 0 radical (unpaired) electrons. The predicted molar refractivity (Wildman–Crippen MR) is 173 cm³/mol. The fourth-order valence-electron chi connectivity index (χ4n) is 4.12. The molecule has 4 rings (SSSR count). The van der Waals surface area contributed by atoms with Crippen LogP contribution in [0.4, 0.5) is 5.69 Å². The zero-order valence-corrected chi connectivity index (χ0v) is 26.6. The fourth-order valence-corrected chi connectivity index (χ4v) is 5.92. The van der Waals surface area contributed by atoms with Crippen molar-refractivity contribution in [2.45, 2.75) is 25.3 Å². The summed E-state index contributed by atoms with van der Waals surface area (Å²) in [4.78, 5) is 13.0. The molecule has 12 heteroatoms. The Kier molecular flexibility index (Phi) is 11.1. The third-order valence-corrected chi connectivity index (χ3v) is 8.50. The number of hydrogen-bond donors (Lipinski definition) is 1. The maximum absolute atomic E-state index is 13.7. The van der Waals surface area contributed by atoms with Gasteiger partial charge in [-0.2, -0.15) is 5.10 Å². The van der Waals surface area contributed by atoms with E-state index in [0.717, 1.165) is 15.4 Å². The highest BCUT2D eigenvalue weighted by Gasteiger charge is 2.29. The van der Waals surface area contributed by atoms with Crippen molar-refractivity contribution in [1.82, 2.24) is 5.43 Å². The molecule has 0 aliphatic heterocycles. The van der Waals surface area contributed by atoms with E-state index in [-0.39, 0.29) is 21.4 Å². The number of anilines is 1. The van der Waals surface area contributed by atoms with Gasteiger partial charge in [0.05, 0.1) is 30.5 Å². The van der Waals surface area contributed by atoms with Gasteiger partial charge < -0.3 is 14.2 Å². The van der Waals surface area contributed by atoms with Crippen LogP contribution in [0.25, 0.3) is 0 Å². The van der Waals surface area contributed by atoms with Crippen LogP contribution < -0.4 is 23.9 Å². The number of carbonyl (C=O) groups excluding carboxylic acids is 1. The van der Waals surface area contributed by atoms with Gasteiger partial charge in [-0.05, 0) is 85.6 Å². The number of ether oxygens (including phenoxy) is 3. The summed E-state index contributed by atoms with van der Waals surface area (Å²) >= 11 is 12.3. The third kappa shape index (κ3) is 8.43. The first-order valence-electron chi connectivity index (χ1n) is 13.5. The van der Waals surface area contributed by atoms with Crippen LogP contribution in [0.1, 0.15) is 23.6 Å². The second-order valence-corrected chi connectivity index (χ2v) is 12.2. The van der Waals surface area contributed by atoms with Gasteiger partial charge in [0.2, 0.25) is 0 Å². The van der Waals surface area contributed by atoms with E-state index in [1.807, 2.05) is 32.0 Å². The van der Waals surface area contributed by atoms with Crippen LogP contribution in [0.15, 0.2) is 94.9 Å². The van der Waals surface area contributed by atoms with Gasteiger partial charge in [-0.15, -0.1) is 0 Å². The topological polar surface area (TPSA) is 107 Å². The highest BCUT2D eigenvalue weighted by molar-refractivity contribution is 7.92. The largest absolute Gasteiger partial charge is 0.495 e. The summed E-state index contributed by atoms with van der Waals surface area (Å²) in [5.41, 5.74) is 4.91. The maximum atomic E-state index is 13.7. The molecule has 0 unspecified atom stereocenters. The first-order valence-corrected chi connectivity index (χ1v) is 15.7. The summed E-state index contributed by atoms with van der Waals surface area (Å²) in [5.74, 6) is 0.557. The highest BCUT2D eigenvalue weighted by atomic mass is 35.5. The Bertz CT molecular complexity index is 1750. The quantitative estimate of drug-likeness (QED) is 0.128.